The Morgan fingerprint density at radius 2 is 1.54 bits per heavy atom. The Hall–Kier alpha value is -4.33. The van der Waals surface area contributed by atoms with E-state index in [0.717, 1.165) is 68.3 Å². The second kappa shape index (κ2) is 12.0. The summed E-state index contributed by atoms with van der Waals surface area (Å²) < 4.78 is 11.6. The molecule has 2 fully saturated rings. The SMILES string of the molecule is COc1cc2cc(C(=O)N3CCC(C4CCN(C(=O)c5cccnc5)CC4)CC3)[nH]c2cc1OCc1ccccc1. The Morgan fingerprint density at radius 3 is 2.17 bits per heavy atom. The second-order valence-corrected chi connectivity index (χ2v) is 11.0. The molecule has 2 saturated heterocycles. The minimum absolute atomic E-state index is 0.0299. The predicted molar refractivity (Wildman–Crippen MR) is 157 cm³/mol. The number of aromatic nitrogens is 2. The van der Waals surface area contributed by atoms with E-state index >= 15 is 0 Å². The van der Waals surface area contributed by atoms with Crippen LogP contribution in [0.4, 0.5) is 0 Å². The number of hydrogen-bond donors (Lipinski definition) is 1. The Morgan fingerprint density at radius 1 is 0.854 bits per heavy atom. The van der Waals surface area contributed by atoms with Crippen molar-refractivity contribution in [3.63, 3.8) is 0 Å². The molecule has 8 heteroatoms. The van der Waals surface area contributed by atoms with E-state index in [-0.39, 0.29) is 11.8 Å². The fourth-order valence-electron chi connectivity index (χ4n) is 6.25. The number of rotatable bonds is 7. The zero-order chi connectivity index (χ0) is 28.2. The molecule has 0 atom stereocenters. The Labute approximate surface area is 240 Å². The monoisotopic (exact) mass is 552 g/mol. The molecular weight excluding hydrogens is 516 g/mol. The molecule has 2 amide bonds. The molecule has 0 bridgehead atoms. The lowest BCUT2D eigenvalue weighted by Crippen LogP contribution is -2.44. The first-order chi connectivity index (χ1) is 20.1. The maximum Gasteiger partial charge on any atom is 0.270 e. The van der Waals surface area contributed by atoms with Gasteiger partial charge in [0, 0.05) is 55.5 Å². The number of benzene rings is 2. The molecule has 0 saturated carbocycles. The molecule has 2 aromatic heterocycles. The number of hydrogen-bond acceptors (Lipinski definition) is 5. The number of fused-ring (bicyclic) bond motifs is 1. The molecule has 2 aliphatic heterocycles. The highest BCUT2D eigenvalue weighted by molar-refractivity contribution is 5.99. The smallest absolute Gasteiger partial charge is 0.270 e. The van der Waals surface area contributed by atoms with E-state index < -0.39 is 0 Å². The van der Waals surface area contributed by atoms with Gasteiger partial charge in [-0.3, -0.25) is 14.6 Å². The number of nitrogens with zero attached hydrogens (tertiary/aromatic N) is 3. The lowest BCUT2D eigenvalue weighted by atomic mass is 9.78. The van der Waals surface area contributed by atoms with Crippen LogP contribution in [0.2, 0.25) is 0 Å². The third kappa shape index (κ3) is 5.92. The summed E-state index contributed by atoms with van der Waals surface area (Å²) in [5, 5.41) is 0.916. The molecule has 2 aliphatic rings. The maximum atomic E-state index is 13.4. The van der Waals surface area contributed by atoms with E-state index in [1.54, 1.807) is 25.6 Å². The van der Waals surface area contributed by atoms with Crippen molar-refractivity contribution in [3.05, 3.63) is 89.9 Å². The van der Waals surface area contributed by atoms with Gasteiger partial charge in [0.15, 0.2) is 11.5 Å². The molecule has 4 aromatic rings. The van der Waals surface area contributed by atoms with E-state index in [2.05, 4.69) is 9.97 Å². The van der Waals surface area contributed by atoms with Crippen LogP contribution in [0.1, 0.15) is 52.1 Å². The molecule has 0 radical (unpaired) electrons. The third-order valence-electron chi connectivity index (χ3n) is 8.60. The molecule has 0 spiro atoms. The van der Waals surface area contributed by atoms with E-state index in [0.29, 0.717) is 41.2 Å². The second-order valence-electron chi connectivity index (χ2n) is 11.0. The van der Waals surface area contributed by atoms with Crippen LogP contribution < -0.4 is 9.47 Å². The molecule has 0 unspecified atom stereocenters. The number of carbonyl (C=O) groups excluding carboxylic acids is 2. The van der Waals surface area contributed by atoms with Gasteiger partial charge in [0.05, 0.1) is 12.7 Å². The fourth-order valence-corrected chi connectivity index (χ4v) is 6.25. The van der Waals surface area contributed by atoms with Crippen molar-refractivity contribution >= 4 is 22.7 Å². The predicted octanol–water partition coefficient (Wildman–Crippen LogP) is 5.56. The zero-order valence-electron chi connectivity index (χ0n) is 23.4. The summed E-state index contributed by atoms with van der Waals surface area (Å²) in [7, 11) is 1.63. The number of carbonyl (C=O) groups is 2. The van der Waals surface area contributed by atoms with Gasteiger partial charge in [-0.25, -0.2) is 0 Å². The topological polar surface area (TPSA) is 87.8 Å². The summed E-state index contributed by atoms with van der Waals surface area (Å²) in [6.07, 6.45) is 7.36. The highest BCUT2D eigenvalue weighted by Gasteiger charge is 2.32. The van der Waals surface area contributed by atoms with Crippen LogP contribution in [-0.2, 0) is 6.61 Å². The minimum Gasteiger partial charge on any atom is -0.493 e. The molecular formula is C33H36N4O4. The first-order valence-electron chi connectivity index (χ1n) is 14.4. The number of pyridine rings is 1. The van der Waals surface area contributed by atoms with Gasteiger partial charge in [-0.15, -0.1) is 0 Å². The summed E-state index contributed by atoms with van der Waals surface area (Å²) in [6.45, 7) is 3.51. The van der Waals surface area contributed by atoms with Crippen LogP contribution in [-0.4, -0.2) is 64.9 Å². The number of nitrogens with one attached hydrogen (secondary N) is 1. The number of likely N-dealkylation sites (tertiary alicyclic amines) is 2. The lowest BCUT2D eigenvalue weighted by molar-refractivity contribution is 0.0534. The summed E-state index contributed by atoms with van der Waals surface area (Å²) in [4.78, 5) is 37.5. The van der Waals surface area contributed by atoms with Crippen LogP contribution in [0, 0.1) is 11.8 Å². The van der Waals surface area contributed by atoms with Crippen molar-refractivity contribution in [1.82, 2.24) is 19.8 Å². The number of aromatic amines is 1. The van der Waals surface area contributed by atoms with Crippen molar-refractivity contribution in [1.29, 1.82) is 0 Å². The van der Waals surface area contributed by atoms with Gasteiger partial charge in [0.1, 0.15) is 12.3 Å². The van der Waals surface area contributed by atoms with Gasteiger partial charge in [-0.2, -0.15) is 0 Å². The van der Waals surface area contributed by atoms with Crippen molar-refractivity contribution < 1.29 is 19.1 Å². The molecule has 6 rings (SSSR count). The first-order valence-corrected chi connectivity index (χ1v) is 14.4. The minimum atomic E-state index is 0.0299. The molecule has 41 heavy (non-hydrogen) atoms. The average Bonchev–Trinajstić information content (AvgIpc) is 3.46. The van der Waals surface area contributed by atoms with E-state index in [1.807, 2.05) is 64.4 Å². The van der Waals surface area contributed by atoms with Crippen molar-refractivity contribution in [3.8, 4) is 11.5 Å². The van der Waals surface area contributed by atoms with Gasteiger partial charge in [-0.1, -0.05) is 30.3 Å². The normalized spacial score (nSPS) is 16.6. The highest BCUT2D eigenvalue weighted by Crippen LogP contribution is 2.35. The first kappa shape index (κ1) is 26.9. The molecule has 2 aromatic carbocycles. The number of piperidine rings is 2. The highest BCUT2D eigenvalue weighted by atomic mass is 16.5. The van der Waals surface area contributed by atoms with Gasteiger partial charge >= 0.3 is 0 Å². The Kier molecular flexibility index (Phi) is 7.89. The van der Waals surface area contributed by atoms with E-state index in [1.165, 1.54) is 0 Å². The molecule has 0 aliphatic carbocycles. The van der Waals surface area contributed by atoms with E-state index in [4.69, 9.17) is 9.47 Å². The van der Waals surface area contributed by atoms with Crippen LogP contribution in [0.3, 0.4) is 0 Å². The van der Waals surface area contributed by atoms with Crippen LogP contribution >= 0.6 is 0 Å². The molecule has 212 valence electrons. The average molecular weight is 553 g/mol. The number of ether oxygens (including phenoxy) is 2. The number of methoxy groups -OCH3 is 1. The van der Waals surface area contributed by atoms with Crippen LogP contribution in [0.15, 0.2) is 73.1 Å². The maximum absolute atomic E-state index is 13.4. The summed E-state index contributed by atoms with van der Waals surface area (Å²) in [5.41, 5.74) is 3.16. The van der Waals surface area contributed by atoms with Gasteiger partial charge in [0.2, 0.25) is 0 Å². The van der Waals surface area contributed by atoms with Gasteiger partial charge in [0.25, 0.3) is 11.8 Å². The summed E-state index contributed by atoms with van der Waals surface area (Å²) >= 11 is 0. The summed E-state index contributed by atoms with van der Waals surface area (Å²) in [6, 6.07) is 19.4. The van der Waals surface area contributed by atoms with Crippen LogP contribution in [0.5, 0.6) is 11.5 Å². The zero-order valence-corrected chi connectivity index (χ0v) is 23.4. The van der Waals surface area contributed by atoms with Crippen molar-refractivity contribution in [2.45, 2.75) is 32.3 Å². The Bertz CT molecular complexity index is 1490. The van der Waals surface area contributed by atoms with E-state index in [9.17, 15) is 9.59 Å². The molecule has 4 heterocycles. The number of amides is 2. The summed E-state index contributed by atoms with van der Waals surface area (Å²) in [5.74, 6) is 2.57. The fraction of sp³-hybridized carbons (Fsp3) is 0.364. The quantitative estimate of drug-likeness (QED) is 0.325. The lowest BCUT2D eigenvalue weighted by Gasteiger charge is -2.40. The molecule has 1 N–H and O–H groups in total. The largest absolute Gasteiger partial charge is 0.493 e. The van der Waals surface area contributed by atoms with Gasteiger partial charge < -0.3 is 24.3 Å². The molecule has 8 nitrogen and oxygen atoms in total. The standard InChI is InChI=1S/C33H36N4O4/c1-40-30-19-27-18-29(35-28(27)20-31(30)41-22-23-6-3-2-4-7-23)33(39)37-16-11-25(12-17-37)24-9-14-36(15-10-24)32(38)26-8-5-13-34-21-26/h2-8,13,18-21,24-25,35H,9-12,14-17,22H2,1H3. The third-order valence-corrected chi connectivity index (χ3v) is 8.60. The van der Waals surface area contributed by atoms with Gasteiger partial charge in [-0.05, 0) is 67.3 Å². The number of H-pyrrole nitrogens is 1. The van der Waals surface area contributed by atoms with Crippen LogP contribution in [0.25, 0.3) is 10.9 Å². The van der Waals surface area contributed by atoms with Crippen molar-refractivity contribution in [2.24, 2.45) is 11.8 Å². The van der Waals surface area contributed by atoms with Crippen molar-refractivity contribution in [2.75, 3.05) is 33.3 Å². The Balaban J connectivity index is 1.04.